The Kier molecular flexibility index (Phi) is 5.73. The van der Waals surface area contributed by atoms with Gasteiger partial charge < -0.3 is 25.3 Å². The minimum atomic E-state index is -0.330. The standard InChI is InChI=1S/C20H24ClN5O3/c21-14-1-3-15(4-2-14)29-12-17(27)22-11-18(28)26-9-6-20(7-10-26)19-16(5-8-25-20)23-13-24-19/h1-4,13,25H,5-12H2,(H,22,27)(H,23,24)/p+1. The average molecular weight is 419 g/mol. The molecule has 1 aromatic heterocycles. The molecule has 0 radical (unpaired) electrons. The summed E-state index contributed by atoms with van der Waals surface area (Å²) in [4.78, 5) is 34.1. The van der Waals surface area contributed by atoms with E-state index in [1.807, 2.05) is 4.90 Å². The molecule has 0 bridgehead atoms. The zero-order valence-corrected chi connectivity index (χ0v) is 16.9. The van der Waals surface area contributed by atoms with Gasteiger partial charge in [0, 0.05) is 43.1 Å². The number of carbonyl (C=O) groups is 2. The summed E-state index contributed by atoms with van der Waals surface area (Å²) in [5.41, 5.74) is 2.34. The fraction of sp³-hybridized carbons (Fsp3) is 0.450. The lowest BCUT2D eigenvalue weighted by Crippen LogP contribution is -2.97. The van der Waals surface area contributed by atoms with Gasteiger partial charge in [-0.05, 0) is 24.3 Å². The lowest BCUT2D eigenvalue weighted by Gasteiger charge is -2.41. The topological polar surface area (TPSA) is 104 Å². The lowest BCUT2D eigenvalue weighted by atomic mass is 9.80. The number of H-pyrrole nitrogens is 1. The first kappa shape index (κ1) is 19.7. The van der Waals surface area contributed by atoms with E-state index in [2.05, 4.69) is 20.6 Å². The highest BCUT2D eigenvalue weighted by Gasteiger charge is 2.45. The van der Waals surface area contributed by atoms with E-state index in [0.717, 1.165) is 31.5 Å². The van der Waals surface area contributed by atoms with Gasteiger partial charge in [0.25, 0.3) is 5.91 Å². The Morgan fingerprint density at radius 3 is 2.79 bits per heavy atom. The van der Waals surface area contributed by atoms with E-state index >= 15 is 0 Å². The van der Waals surface area contributed by atoms with Gasteiger partial charge in [0.15, 0.2) is 6.61 Å². The number of likely N-dealkylation sites (tertiary alicyclic amines) is 1. The smallest absolute Gasteiger partial charge is 0.258 e. The van der Waals surface area contributed by atoms with Gasteiger partial charge >= 0.3 is 0 Å². The summed E-state index contributed by atoms with van der Waals surface area (Å²) in [6.45, 7) is 2.20. The van der Waals surface area contributed by atoms with Crippen LogP contribution in [0.15, 0.2) is 30.6 Å². The molecule has 1 fully saturated rings. The highest BCUT2D eigenvalue weighted by molar-refractivity contribution is 6.30. The zero-order chi connectivity index (χ0) is 20.3. The molecule has 4 N–H and O–H groups in total. The molecule has 0 saturated carbocycles. The molecular formula is C20H25ClN5O3+. The van der Waals surface area contributed by atoms with E-state index in [4.69, 9.17) is 16.3 Å². The van der Waals surface area contributed by atoms with E-state index in [1.54, 1.807) is 30.6 Å². The Hall–Kier alpha value is -2.58. The molecule has 0 atom stereocenters. The molecule has 154 valence electrons. The van der Waals surface area contributed by atoms with Crippen LogP contribution < -0.4 is 15.4 Å². The number of hydrogen-bond donors (Lipinski definition) is 3. The number of rotatable bonds is 5. The van der Waals surface area contributed by atoms with Gasteiger partial charge in [-0.2, -0.15) is 0 Å². The third-order valence-electron chi connectivity index (χ3n) is 5.75. The van der Waals surface area contributed by atoms with Crippen molar-refractivity contribution in [3.05, 3.63) is 47.0 Å². The van der Waals surface area contributed by atoms with Crippen LogP contribution in [0.1, 0.15) is 24.2 Å². The van der Waals surface area contributed by atoms with Crippen LogP contribution in [0.5, 0.6) is 5.75 Å². The maximum absolute atomic E-state index is 12.5. The number of fused-ring (bicyclic) bond motifs is 2. The summed E-state index contributed by atoms with van der Waals surface area (Å²) in [7, 11) is 0. The number of quaternary nitrogens is 1. The monoisotopic (exact) mass is 418 g/mol. The molecule has 3 heterocycles. The van der Waals surface area contributed by atoms with Crippen molar-refractivity contribution in [3.8, 4) is 5.75 Å². The first-order valence-electron chi connectivity index (χ1n) is 9.86. The van der Waals surface area contributed by atoms with Crippen LogP contribution in [0.4, 0.5) is 0 Å². The number of nitrogens with two attached hydrogens (primary N) is 1. The maximum atomic E-state index is 12.5. The van der Waals surface area contributed by atoms with Crippen molar-refractivity contribution >= 4 is 23.4 Å². The Balaban J connectivity index is 1.22. The highest BCUT2D eigenvalue weighted by atomic mass is 35.5. The van der Waals surface area contributed by atoms with Gasteiger partial charge in [0.2, 0.25) is 5.91 Å². The van der Waals surface area contributed by atoms with E-state index in [9.17, 15) is 9.59 Å². The van der Waals surface area contributed by atoms with E-state index < -0.39 is 0 Å². The number of imidazole rings is 1. The number of hydrogen-bond acceptors (Lipinski definition) is 4. The average Bonchev–Trinajstić information content (AvgIpc) is 3.23. The molecule has 0 unspecified atom stereocenters. The number of amides is 2. The molecule has 0 aliphatic carbocycles. The number of halogens is 1. The summed E-state index contributed by atoms with van der Waals surface area (Å²) in [5.74, 6) is 0.153. The van der Waals surface area contributed by atoms with Crippen LogP contribution in [-0.2, 0) is 21.5 Å². The summed E-state index contributed by atoms with van der Waals surface area (Å²) < 4.78 is 5.39. The number of aromatic nitrogens is 2. The molecule has 29 heavy (non-hydrogen) atoms. The van der Waals surface area contributed by atoms with Crippen molar-refractivity contribution in [2.24, 2.45) is 0 Å². The molecular weight excluding hydrogens is 394 g/mol. The van der Waals surface area contributed by atoms with Crippen molar-refractivity contribution in [3.63, 3.8) is 0 Å². The summed E-state index contributed by atoms with van der Waals surface area (Å²) in [6, 6.07) is 6.77. The van der Waals surface area contributed by atoms with Gasteiger partial charge in [-0.3, -0.25) is 9.59 Å². The molecule has 8 nitrogen and oxygen atoms in total. The molecule has 1 spiro atoms. The van der Waals surface area contributed by atoms with Crippen LogP contribution >= 0.6 is 11.6 Å². The van der Waals surface area contributed by atoms with Crippen molar-refractivity contribution < 1.29 is 19.6 Å². The number of nitrogens with zero attached hydrogens (tertiary/aromatic N) is 2. The summed E-state index contributed by atoms with van der Waals surface area (Å²) >= 11 is 5.82. The number of ether oxygens (including phenoxy) is 1. The molecule has 1 aromatic carbocycles. The molecule has 2 aromatic rings. The van der Waals surface area contributed by atoms with Crippen molar-refractivity contribution in [1.82, 2.24) is 20.2 Å². The van der Waals surface area contributed by atoms with E-state index in [-0.39, 0.29) is 30.5 Å². The fourth-order valence-corrected chi connectivity index (χ4v) is 4.27. The largest absolute Gasteiger partial charge is 0.484 e. The maximum Gasteiger partial charge on any atom is 0.258 e. The Labute approximate surface area is 174 Å². The number of aromatic amines is 1. The Morgan fingerprint density at radius 1 is 1.28 bits per heavy atom. The minimum Gasteiger partial charge on any atom is -0.484 e. The normalized spacial score (nSPS) is 17.6. The van der Waals surface area contributed by atoms with Crippen LogP contribution in [0.2, 0.25) is 5.02 Å². The Bertz CT molecular complexity index is 874. The van der Waals surface area contributed by atoms with Crippen LogP contribution in [0, 0.1) is 0 Å². The van der Waals surface area contributed by atoms with Gasteiger partial charge in [-0.15, -0.1) is 0 Å². The molecule has 9 heteroatoms. The molecule has 2 amide bonds. The SMILES string of the molecule is O=C(COc1ccc(Cl)cc1)NCC(=O)N1CCC2(CC1)[NH2+]CCc1[nH]cnc12. The molecule has 2 aliphatic heterocycles. The third-order valence-corrected chi connectivity index (χ3v) is 6.00. The van der Waals surface area contributed by atoms with E-state index in [1.165, 1.54) is 5.69 Å². The second-order valence-electron chi connectivity index (χ2n) is 7.53. The second kappa shape index (κ2) is 8.42. The van der Waals surface area contributed by atoms with Crippen LogP contribution in [0.25, 0.3) is 0 Å². The van der Waals surface area contributed by atoms with Crippen LogP contribution in [-0.4, -0.2) is 59.5 Å². The zero-order valence-electron chi connectivity index (χ0n) is 16.1. The number of nitrogens with one attached hydrogen (secondary N) is 2. The van der Waals surface area contributed by atoms with Crippen molar-refractivity contribution in [2.75, 3.05) is 32.8 Å². The number of carbonyl (C=O) groups excluding carboxylic acids is 2. The number of benzene rings is 1. The summed E-state index contributed by atoms with van der Waals surface area (Å²) in [5, 5.41) is 5.61. The predicted molar refractivity (Wildman–Crippen MR) is 107 cm³/mol. The fourth-order valence-electron chi connectivity index (χ4n) is 4.14. The summed E-state index contributed by atoms with van der Waals surface area (Å²) in [6.07, 6.45) is 4.50. The van der Waals surface area contributed by atoms with Crippen molar-refractivity contribution in [1.29, 1.82) is 0 Å². The van der Waals surface area contributed by atoms with Crippen LogP contribution in [0.3, 0.4) is 0 Å². The van der Waals surface area contributed by atoms with Gasteiger partial charge in [0.05, 0.1) is 19.4 Å². The quantitative estimate of drug-likeness (QED) is 0.645. The van der Waals surface area contributed by atoms with Crippen molar-refractivity contribution in [2.45, 2.75) is 24.8 Å². The molecule has 2 aliphatic rings. The molecule has 4 rings (SSSR count). The predicted octanol–water partition coefficient (Wildman–Crippen LogP) is 0.196. The minimum absolute atomic E-state index is 0.0207. The number of piperidine rings is 1. The lowest BCUT2D eigenvalue weighted by molar-refractivity contribution is -0.743. The first-order valence-corrected chi connectivity index (χ1v) is 10.2. The van der Waals surface area contributed by atoms with Gasteiger partial charge in [-0.1, -0.05) is 11.6 Å². The second-order valence-corrected chi connectivity index (χ2v) is 7.97. The van der Waals surface area contributed by atoms with E-state index in [0.29, 0.717) is 23.9 Å². The highest BCUT2D eigenvalue weighted by Crippen LogP contribution is 2.31. The van der Waals surface area contributed by atoms with Gasteiger partial charge in [0.1, 0.15) is 17.0 Å². The molecule has 1 saturated heterocycles. The Morgan fingerprint density at radius 2 is 2.03 bits per heavy atom. The van der Waals surface area contributed by atoms with Gasteiger partial charge in [-0.25, -0.2) is 4.98 Å². The first-order chi connectivity index (χ1) is 14.1. The third kappa shape index (κ3) is 4.38.